The summed E-state index contributed by atoms with van der Waals surface area (Å²) in [6.45, 7) is 0. The predicted octanol–water partition coefficient (Wildman–Crippen LogP) is 2.70. The summed E-state index contributed by atoms with van der Waals surface area (Å²) >= 11 is 0. The van der Waals surface area contributed by atoms with Crippen molar-refractivity contribution in [2.45, 2.75) is 6.42 Å². The maximum absolute atomic E-state index is 11.0. The van der Waals surface area contributed by atoms with Gasteiger partial charge in [-0.1, -0.05) is 24.3 Å². The number of phenolic OH excluding ortho intramolecular Hbond substituents is 1. The number of aromatic hydroxyl groups is 1. The lowest BCUT2D eigenvalue weighted by atomic mass is 10.0. The SMILES string of the molecule is CNC(=O)Oc1ccc(Cc2ccc(O)cc2)cc1. The molecule has 0 aliphatic carbocycles. The maximum Gasteiger partial charge on any atom is 0.412 e. The van der Waals surface area contributed by atoms with E-state index in [1.807, 2.05) is 24.3 Å². The third-order valence-corrected chi connectivity index (χ3v) is 2.68. The molecule has 4 heteroatoms. The molecule has 0 fully saturated rings. The maximum atomic E-state index is 11.0. The second-order valence-corrected chi connectivity index (χ2v) is 4.13. The van der Waals surface area contributed by atoms with Crippen molar-refractivity contribution in [2.24, 2.45) is 0 Å². The van der Waals surface area contributed by atoms with Gasteiger partial charge in [-0.2, -0.15) is 0 Å². The van der Waals surface area contributed by atoms with Crippen LogP contribution in [-0.2, 0) is 6.42 Å². The van der Waals surface area contributed by atoms with Crippen LogP contribution in [-0.4, -0.2) is 18.2 Å². The van der Waals surface area contributed by atoms with Gasteiger partial charge in [0.05, 0.1) is 0 Å². The van der Waals surface area contributed by atoms with Crippen LogP contribution in [0.1, 0.15) is 11.1 Å². The van der Waals surface area contributed by atoms with E-state index >= 15 is 0 Å². The lowest BCUT2D eigenvalue weighted by Gasteiger charge is -2.05. The topological polar surface area (TPSA) is 58.6 Å². The lowest BCUT2D eigenvalue weighted by Crippen LogP contribution is -2.21. The van der Waals surface area contributed by atoms with Crippen LogP contribution in [0.15, 0.2) is 48.5 Å². The highest BCUT2D eigenvalue weighted by Gasteiger charge is 2.02. The summed E-state index contributed by atoms with van der Waals surface area (Å²) in [5.74, 6) is 0.770. The van der Waals surface area contributed by atoms with E-state index in [0.717, 1.165) is 17.5 Å². The molecular formula is C15H15NO3. The number of nitrogens with one attached hydrogen (secondary N) is 1. The third kappa shape index (κ3) is 3.74. The Bertz CT molecular complexity index is 547. The summed E-state index contributed by atoms with van der Waals surface area (Å²) in [5.41, 5.74) is 2.22. The summed E-state index contributed by atoms with van der Waals surface area (Å²) in [4.78, 5) is 11.0. The molecule has 0 bridgehead atoms. The molecule has 0 aromatic heterocycles. The number of amides is 1. The second-order valence-electron chi connectivity index (χ2n) is 4.13. The number of hydrogen-bond acceptors (Lipinski definition) is 3. The summed E-state index contributed by atoms with van der Waals surface area (Å²) in [6.07, 6.45) is 0.284. The normalized spacial score (nSPS) is 9.95. The van der Waals surface area contributed by atoms with E-state index in [2.05, 4.69) is 5.32 Å². The first-order valence-corrected chi connectivity index (χ1v) is 5.94. The molecule has 0 aliphatic rings. The first kappa shape index (κ1) is 13.0. The molecule has 2 N–H and O–H groups in total. The van der Waals surface area contributed by atoms with Crippen LogP contribution >= 0.6 is 0 Å². The van der Waals surface area contributed by atoms with E-state index in [1.165, 1.54) is 7.05 Å². The number of ether oxygens (including phenoxy) is 1. The van der Waals surface area contributed by atoms with E-state index < -0.39 is 6.09 Å². The van der Waals surface area contributed by atoms with Gasteiger partial charge < -0.3 is 15.2 Å². The Labute approximate surface area is 111 Å². The molecule has 1 amide bonds. The second kappa shape index (κ2) is 5.91. The van der Waals surface area contributed by atoms with Gasteiger partial charge in [-0.3, -0.25) is 0 Å². The van der Waals surface area contributed by atoms with Crippen molar-refractivity contribution in [1.29, 1.82) is 0 Å². The van der Waals surface area contributed by atoms with E-state index in [4.69, 9.17) is 4.74 Å². The van der Waals surface area contributed by atoms with Gasteiger partial charge >= 0.3 is 6.09 Å². The van der Waals surface area contributed by atoms with Gasteiger partial charge in [-0.25, -0.2) is 4.79 Å². The molecule has 0 radical (unpaired) electrons. The molecule has 0 atom stereocenters. The number of hydrogen-bond donors (Lipinski definition) is 2. The van der Waals surface area contributed by atoms with Gasteiger partial charge in [-0.05, 0) is 41.8 Å². The Kier molecular flexibility index (Phi) is 4.03. The molecule has 2 aromatic carbocycles. The molecule has 0 unspecified atom stereocenters. The van der Waals surface area contributed by atoms with Gasteiger partial charge in [0.2, 0.25) is 0 Å². The minimum atomic E-state index is -0.480. The molecule has 0 spiro atoms. The highest BCUT2D eigenvalue weighted by atomic mass is 16.5. The quantitative estimate of drug-likeness (QED) is 0.888. The molecule has 0 aliphatic heterocycles. The largest absolute Gasteiger partial charge is 0.508 e. The number of rotatable bonds is 3. The van der Waals surface area contributed by atoms with Crippen molar-refractivity contribution in [3.05, 3.63) is 59.7 Å². The number of carbonyl (C=O) groups excluding carboxylic acids is 1. The minimum Gasteiger partial charge on any atom is -0.508 e. The molecule has 4 nitrogen and oxygen atoms in total. The van der Waals surface area contributed by atoms with Gasteiger partial charge in [-0.15, -0.1) is 0 Å². The van der Waals surface area contributed by atoms with Crippen molar-refractivity contribution < 1.29 is 14.6 Å². The summed E-state index contributed by atoms with van der Waals surface area (Å²) < 4.78 is 5.00. The van der Waals surface area contributed by atoms with Crippen LogP contribution in [0.25, 0.3) is 0 Å². The molecule has 2 rings (SSSR count). The average molecular weight is 257 g/mol. The molecule has 19 heavy (non-hydrogen) atoms. The lowest BCUT2D eigenvalue weighted by molar-refractivity contribution is 0.203. The fraction of sp³-hybridized carbons (Fsp3) is 0.133. The highest BCUT2D eigenvalue weighted by Crippen LogP contribution is 2.17. The van der Waals surface area contributed by atoms with Crippen molar-refractivity contribution in [3.63, 3.8) is 0 Å². The fourth-order valence-electron chi connectivity index (χ4n) is 1.68. The van der Waals surface area contributed by atoms with Gasteiger partial charge in [0.25, 0.3) is 0 Å². The fourth-order valence-corrected chi connectivity index (χ4v) is 1.68. The van der Waals surface area contributed by atoms with E-state index in [9.17, 15) is 9.90 Å². The molecule has 98 valence electrons. The standard InChI is InChI=1S/C15H15NO3/c1-16-15(18)19-14-8-4-12(5-9-14)10-11-2-6-13(17)7-3-11/h2-9,17H,10H2,1H3,(H,16,18). The van der Waals surface area contributed by atoms with Gasteiger partial charge in [0.15, 0.2) is 0 Å². The smallest absolute Gasteiger partial charge is 0.412 e. The van der Waals surface area contributed by atoms with Crippen LogP contribution in [0.4, 0.5) is 4.79 Å². The van der Waals surface area contributed by atoms with E-state index in [-0.39, 0.29) is 5.75 Å². The Morgan fingerprint density at radius 1 is 1.05 bits per heavy atom. The number of carbonyl (C=O) groups is 1. The zero-order valence-corrected chi connectivity index (χ0v) is 10.6. The highest BCUT2D eigenvalue weighted by molar-refractivity contribution is 5.69. The predicted molar refractivity (Wildman–Crippen MR) is 72.4 cm³/mol. The molecule has 0 saturated carbocycles. The van der Waals surface area contributed by atoms with E-state index in [0.29, 0.717) is 5.75 Å². The Hall–Kier alpha value is -2.49. The van der Waals surface area contributed by atoms with Crippen molar-refractivity contribution in [1.82, 2.24) is 5.32 Å². The monoisotopic (exact) mass is 257 g/mol. The molecular weight excluding hydrogens is 242 g/mol. The first-order chi connectivity index (χ1) is 9.17. The Balaban J connectivity index is 2.02. The van der Waals surface area contributed by atoms with E-state index in [1.54, 1.807) is 24.3 Å². The first-order valence-electron chi connectivity index (χ1n) is 5.94. The van der Waals surface area contributed by atoms with Crippen LogP contribution in [0, 0.1) is 0 Å². The van der Waals surface area contributed by atoms with Gasteiger partial charge in [0, 0.05) is 7.05 Å². The summed E-state index contributed by atoms with van der Waals surface area (Å²) in [6, 6.07) is 14.4. The van der Waals surface area contributed by atoms with Crippen LogP contribution in [0.2, 0.25) is 0 Å². The average Bonchev–Trinajstić information content (AvgIpc) is 2.43. The van der Waals surface area contributed by atoms with Gasteiger partial charge in [0.1, 0.15) is 11.5 Å². The van der Waals surface area contributed by atoms with Crippen LogP contribution < -0.4 is 10.1 Å². The molecule has 2 aromatic rings. The minimum absolute atomic E-state index is 0.262. The van der Waals surface area contributed by atoms with Crippen molar-refractivity contribution in [2.75, 3.05) is 7.05 Å². The third-order valence-electron chi connectivity index (χ3n) is 2.68. The Morgan fingerprint density at radius 3 is 2.11 bits per heavy atom. The zero-order chi connectivity index (χ0) is 13.7. The molecule has 0 saturated heterocycles. The zero-order valence-electron chi connectivity index (χ0n) is 10.6. The summed E-state index contributed by atoms with van der Waals surface area (Å²) in [5, 5.41) is 11.6. The Morgan fingerprint density at radius 2 is 1.58 bits per heavy atom. The number of phenols is 1. The van der Waals surface area contributed by atoms with Crippen molar-refractivity contribution in [3.8, 4) is 11.5 Å². The van der Waals surface area contributed by atoms with Crippen LogP contribution in [0.5, 0.6) is 11.5 Å². The van der Waals surface area contributed by atoms with Crippen LogP contribution in [0.3, 0.4) is 0 Å². The van der Waals surface area contributed by atoms with Crippen molar-refractivity contribution >= 4 is 6.09 Å². The number of benzene rings is 2. The molecule has 0 heterocycles. The summed E-state index contributed by atoms with van der Waals surface area (Å²) in [7, 11) is 1.52.